The summed E-state index contributed by atoms with van der Waals surface area (Å²) in [5, 5.41) is 12.2. The van der Waals surface area contributed by atoms with Crippen molar-refractivity contribution in [2.24, 2.45) is 5.41 Å². The number of urea groups is 1. The van der Waals surface area contributed by atoms with Gasteiger partial charge < -0.3 is 15.3 Å². The van der Waals surface area contributed by atoms with E-state index < -0.39 is 11.4 Å². The van der Waals surface area contributed by atoms with E-state index >= 15 is 0 Å². The number of thioether (sulfide) groups is 1. The lowest BCUT2D eigenvalue weighted by Crippen LogP contribution is -2.49. The van der Waals surface area contributed by atoms with Crippen molar-refractivity contribution in [3.05, 3.63) is 12.7 Å². The maximum Gasteiger partial charge on any atom is 0.317 e. The molecule has 1 fully saturated rings. The van der Waals surface area contributed by atoms with Gasteiger partial charge in [0.15, 0.2) is 0 Å². The first-order valence-corrected chi connectivity index (χ1v) is 8.16. The summed E-state index contributed by atoms with van der Waals surface area (Å²) in [6.45, 7) is 7.21. The first kappa shape index (κ1) is 16.9. The molecule has 1 aliphatic heterocycles. The Balaban J connectivity index is 2.32. The summed E-state index contributed by atoms with van der Waals surface area (Å²) in [7, 11) is 0. The van der Waals surface area contributed by atoms with Crippen LogP contribution in [0, 0.1) is 5.41 Å². The summed E-state index contributed by atoms with van der Waals surface area (Å²) in [5.74, 6) is 1.01. The average Bonchev–Trinajstić information content (AvgIpc) is 2.46. The van der Waals surface area contributed by atoms with E-state index in [-0.39, 0.29) is 6.03 Å². The van der Waals surface area contributed by atoms with Crippen LogP contribution in [0.3, 0.4) is 0 Å². The van der Waals surface area contributed by atoms with E-state index in [9.17, 15) is 14.7 Å². The van der Waals surface area contributed by atoms with E-state index in [0.29, 0.717) is 38.9 Å². The summed E-state index contributed by atoms with van der Waals surface area (Å²) in [6.07, 6.45) is 3.54. The molecule has 6 heteroatoms. The smallest absolute Gasteiger partial charge is 0.317 e. The van der Waals surface area contributed by atoms with Gasteiger partial charge in [0.25, 0.3) is 0 Å². The molecule has 0 bridgehead atoms. The molecule has 1 rings (SSSR count). The quantitative estimate of drug-likeness (QED) is 0.558. The minimum absolute atomic E-state index is 0.0840. The zero-order valence-electron chi connectivity index (χ0n) is 12.1. The van der Waals surface area contributed by atoms with E-state index in [1.165, 1.54) is 0 Å². The van der Waals surface area contributed by atoms with Crippen molar-refractivity contribution >= 4 is 23.8 Å². The fourth-order valence-corrected chi connectivity index (χ4v) is 2.94. The maximum atomic E-state index is 11.9. The highest BCUT2D eigenvalue weighted by atomic mass is 32.2. The molecule has 0 unspecified atom stereocenters. The van der Waals surface area contributed by atoms with Gasteiger partial charge >= 0.3 is 12.0 Å². The summed E-state index contributed by atoms with van der Waals surface area (Å²) < 4.78 is 0. The van der Waals surface area contributed by atoms with Crippen LogP contribution in [-0.2, 0) is 4.79 Å². The number of carbonyl (C=O) groups excluding carboxylic acids is 1. The second-order valence-electron chi connectivity index (χ2n) is 5.02. The predicted molar refractivity (Wildman–Crippen MR) is 82.1 cm³/mol. The van der Waals surface area contributed by atoms with Crippen molar-refractivity contribution in [2.75, 3.05) is 31.1 Å². The molecule has 0 atom stereocenters. The number of amides is 2. The molecule has 0 aliphatic carbocycles. The molecule has 1 heterocycles. The van der Waals surface area contributed by atoms with Gasteiger partial charge in [-0.25, -0.2) is 4.79 Å². The van der Waals surface area contributed by atoms with Crippen LogP contribution < -0.4 is 5.32 Å². The van der Waals surface area contributed by atoms with Crippen molar-refractivity contribution in [1.29, 1.82) is 0 Å². The SMILES string of the molecule is C=CCSCCNC(=O)N1CCC(CC)(C(=O)O)CC1. The van der Waals surface area contributed by atoms with Crippen molar-refractivity contribution in [3.8, 4) is 0 Å². The number of nitrogens with zero attached hydrogens (tertiary/aromatic N) is 1. The van der Waals surface area contributed by atoms with E-state index in [0.717, 1.165) is 11.5 Å². The number of nitrogens with one attached hydrogen (secondary N) is 1. The topological polar surface area (TPSA) is 69.6 Å². The fraction of sp³-hybridized carbons (Fsp3) is 0.714. The Bertz CT molecular complexity index is 352. The molecule has 0 aromatic heterocycles. The van der Waals surface area contributed by atoms with Gasteiger partial charge in [0.05, 0.1) is 5.41 Å². The van der Waals surface area contributed by atoms with Gasteiger partial charge in [-0.2, -0.15) is 11.8 Å². The molecule has 0 saturated carbocycles. The van der Waals surface area contributed by atoms with E-state index in [1.54, 1.807) is 16.7 Å². The van der Waals surface area contributed by atoms with Gasteiger partial charge in [0, 0.05) is 31.1 Å². The van der Waals surface area contributed by atoms with Crippen molar-refractivity contribution in [1.82, 2.24) is 10.2 Å². The van der Waals surface area contributed by atoms with E-state index in [1.807, 2.05) is 13.0 Å². The Morgan fingerprint density at radius 3 is 2.60 bits per heavy atom. The first-order chi connectivity index (χ1) is 9.55. The van der Waals surface area contributed by atoms with Crippen molar-refractivity contribution < 1.29 is 14.7 Å². The first-order valence-electron chi connectivity index (χ1n) is 7.00. The third-order valence-electron chi connectivity index (χ3n) is 3.90. The van der Waals surface area contributed by atoms with Gasteiger partial charge in [-0.1, -0.05) is 13.0 Å². The third-order valence-corrected chi connectivity index (χ3v) is 4.86. The molecule has 114 valence electrons. The predicted octanol–water partition coefficient (Wildman–Crippen LogP) is 2.19. The minimum atomic E-state index is -0.735. The normalized spacial score (nSPS) is 17.6. The Labute approximate surface area is 124 Å². The van der Waals surface area contributed by atoms with Crippen LogP contribution in [0.4, 0.5) is 4.79 Å². The number of carboxylic acid groups (broad SMARTS) is 1. The fourth-order valence-electron chi connectivity index (χ4n) is 2.37. The van der Waals surface area contributed by atoms with Gasteiger partial charge in [-0.05, 0) is 19.3 Å². The molecule has 1 saturated heterocycles. The largest absolute Gasteiger partial charge is 0.481 e. The number of rotatable bonds is 7. The van der Waals surface area contributed by atoms with Crippen LogP contribution >= 0.6 is 11.8 Å². The number of carboxylic acids is 1. The Hall–Kier alpha value is -1.17. The van der Waals surface area contributed by atoms with E-state index in [4.69, 9.17) is 0 Å². The molecule has 1 aliphatic rings. The Morgan fingerprint density at radius 2 is 2.10 bits per heavy atom. The minimum Gasteiger partial charge on any atom is -0.481 e. The van der Waals surface area contributed by atoms with Crippen molar-refractivity contribution in [3.63, 3.8) is 0 Å². The van der Waals surface area contributed by atoms with Crippen LogP contribution in [0.15, 0.2) is 12.7 Å². The summed E-state index contributed by atoms with van der Waals surface area (Å²) in [4.78, 5) is 25.0. The van der Waals surface area contributed by atoms with Crippen LogP contribution in [0.5, 0.6) is 0 Å². The molecule has 2 amide bonds. The highest BCUT2D eigenvalue weighted by Crippen LogP contribution is 2.35. The van der Waals surface area contributed by atoms with Crippen LogP contribution in [-0.4, -0.2) is 53.1 Å². The highest BCUT2D eigenvalue weighted by molar-refractivity contribution is 7.99. The van der Waals surface area contributed by atoms with Gasteiger partial charge in [0.1, 0.15) is 0 Å². The average molecular weight is 300 g/mol. The lowest BCUT2D eigenvalue weighted by Gasteiger charge is -2.38. The molecule has 5 nitrogen and oxygen atoms in total. The third kappa shape index (κ3) is 4.44. The number of piperidine rings is 1. The Morgan fingerprint density at radius 1 is 1.45 bits per heavy atom. The summed E-state index contributed by atoms with van der Waals surface area (Å²) in [6, 6.07) is -0.0840. The molecule has 0 radical (unpaired) electrons. The molecule has 0 spiro atoms. The second kappa shape index (κ2) is 8.19. The number of hydrogen-bond donors (Lipinski definition) is 2. The molecule has 20 heavy (non-hydrogen) atoms. The highest BCUT2D eigenvalue weighted by Gasteiger charge is 2.40. The van der Waals surface area contributed by atoms with Gasteiger partial charge in [0.2, 0.25) is 0 Å². The van der Waals surface area contributed by atoms with Gasteiger partial charge in [-0.15, -0.1) is 6.58 Å². The monoisotopic (exact) mass is 300 g/mol. The number of carbonyl (C=O) groups is 2. The molecular formula is C14H24N2O3S. The summed E-state index contributed by atoms with van der Waals surface area (Å²) in [5.41, 5.74) is -0.642. The zero-order chi connectivity index (χ0) is 15.0. The second-order valence-corrected chi connectivity index (χ2v) is 6.17. The molecular weight excluding hydrogens is 276 g/mol. The maximum absolute atomic E-state index is 11.9. The number of hydrogen-bond acceptors (Lipinski definition) is 3. The standard InChI is InChI=1S/C14H24N2O3S/c1-3-10-20-11-7-15-13(19)16-8-5-14(4-2,6-9-16)12(17)18/h3H,1,4-11H2,2H3,(H,15,19)(H,17,18). The number of aliphatic carboxylic acids is 1. The van der Waals surface area contributed by atoms with Gasteiger partial charge in [-0.3, -0.25) is 4.79 Å². The lowest BCUT2D eigenvalue weighted by molar-refractivity contribution is -0.151. The van der Waals surface area contributed by atoms with Crippen LogP contribution in [0.25, 0.3) is 0 Å². The number of likely N-dealkylation sites (tertiary alicyclic amines) is 1. The van der Waals surface area contributed by atoms with Crippen molar-refractivity contribution in [2.45, 2.75) is 26.2 Å². The molecule has 0 aromatic carbocycles. The van der Waals surface area contributed by atoms with E-state index in [2.05, 4.69) is 11.9 Å². The Kier molecular flexibility index (Phi) is 6.91. The zero-order valence-corrected chi connectivity index (χ0v) is 12.9. The van der Waals surface area contributed by atoms with Crippen LogP contribution in [0.2, 0.25) is 0 Å². The molecule has 2 N–H and O–H groups in total. The molecule has 0 aromatic rings. The van der Waals surface area contributed by atoms with Crippen LogP contribution in [0.1, 0.15) is 26.2 Å². The summed E-state index contributed by atoms with van der Waals surface area (Å²) >= 11 is 1.72. The lowest BCUT2D eigenvalue weighted by atomic mass is 9.76.